The lowest BCUT2D eigenvalue weighted by molar-refractivity contribution is 0.486. The van der Waals surface area contributed by atoms with Gasteiger partial charge in [0.25, 0.3) is 0 Å². The number of rotatable bonds is 4. The van der Waals surface area contributed by atoms with Gasteiger partial charge in [-0.05, 0) is 48.5 Å². The van der Waals surface area contributed by atoms with Gasteiger partial charge in [0, 0.05) is 5.56 Å². The number of para-hydroxylation sites is 1. The van der Waals surface area contributed by atoms with Gasteiger partial charge in [-0.15, -0.1) is 0 Å². The van der Waals surface area contributed by atoms with Crippen molar-refractivity contribution in [3.05, 3.63) is 89.3 Å². The molecule has 134 valence electrons. The van der Waals surface area contributed by atoms with Crippen molar-refractivity contribution >= 4 is 21.0 Å². The third-order valence-corrected chi connectivity index (χ3v) is 5.14. The Kier molecular flexibility index (Phi) is 4.21. The molecule has 0 radical (unpaired) electrons. The Hall–Kier alpha value is -3.45. The van der Waals surface area contributed by atoms with Gasteiger partial charge in [0.05, 0.1) is 10.9 Å². The summed E-state index contributed by atoms with van der Waals surface area (Å²) < 4.78 is 34.9. The first-order chi connectivity index (χ1) is 13.0. The van der Waals surface area contributed by atoms with E-state index in [-0.39, 0.29) is 16.5 Å². The molecule has 27 heavy (non-hydrogen) atoms. The maximum absolute atomic E-state index is 12.3. The standard InChI is InChI=1S/C20H13NO5S/c22-20-17-8-4-5-9-18(17)21-19(25-20)14-10-12-15(13-11-14)26-27(23,24)16-6-2-1-3-7-16/h1-13H. The van der Waals surface area contributed by atoms with E-state index < -0.39 is 15.7 Å². The number of fused-ring (bicyclic) bond motifs is 1. The summed E-state index contributed by atoms with van der Waals surface area (Å²) in [6.45, 7) is 0. The first-order valence-electron chi connectivity index (χ1n) is 8.03. The van der Waals surface area contributed by atoms with Crippen LogP contribution in [0.1, 0.15) is 0 Å². The van der Waals surface area contributed by atoms with E-state index in [2.05, 4.69) is 4.98 Å². The Morgan fingerprint density at radius 2 is 1.48 bits per heavy atom. The van der Waals surface area contributed by atoms with Gasteiger partial charge in [-0.1, -0.05) is 30.3 Å². The van der Waals surface area contributed by atoms with Crippen LogP contribution in [0.15, 0.2) is 93.0 Å². The number of nitrogens with zero attached hydrogens (tertiary/aromatic N) is 1. The lowest BCUT2D eigenvalue weighted by Gasteiger charge is -2.07. The van der Waals surface area contributed by atoms with Crippen molar-refractivity contribution in [2.24, 2.45) is 0 Å². The third-order valence-electron chi connectivity index (χ3n) is 3.87. The Bertz CT molecular complexity index is 1260. The molecule has 0 saturated carbocycles. The van der Waals surface area contributed by atoms with Crippen LogP contribution in [0.3, 0.4) is 0 Å². The minimum Gasteiger partial charge on any atom is -0.403 e. The van der Waals surface area contributed by atoms with E-state index in [1.54, 1.807) is 54.6 Å². The molecule has 1 heterocycles. The summed E-state index contributed by atoms with van der Waals surface area (Å²) in [5.74, 6) is 0.293. The highest BCUT2D eigenvalue weighted by molar-refractivity contribution is 7.87. The van der Waals surface area contributed by atoms with E-state index in [0.717, 1.165) is 0 Å². The molecule has 0 atom stereocenters. The number of aromatic nitrogens is 1. The van der Waals surface area contributed by atoms with E-state index in [1.165, 1.54) is 24.3 Å². The van der Waals surface area contributed by atoms with Crippen molar-refractivity contribution < 1.29 is 17.0 Å². The average molecular weight is 379 g/mol. The largest absolute Gasteiger partial charge is 0.403 e. The van der Waals surface area contributed by atoms with Gasteiger partial charge < -0.3 is 8.60 Å². The zero-order valence-electron chi connectivity index (χ0n) is 13.9. The number of hydrogen-bond donors (Lipinski definition) is 0. The van der Waals surface area contributed by atoms with Crippen LogP contribution in [-0.4, -0.2) is 13.4 Å². The molecule has 4 rings (SSSR count). The van der Waals surface area contributed by atoms with Crippen LogP contribution in [0, 0.1) is 0 Å². The van der Waals surface area contributed by atoms with Crippen LogP contribution in [0.25, 0.3) is 22.4 Å². The Morgan fingerprint density at radius 3 is 2.22 bits per heavy atom. The van der Waals surface area contributed by atoms with E-state index in [4.69, 9.17) is 8.60 Å². The molecule has 0 spiro atoms. The summed E-state index contributed by atoms with van der Waals surface area (Å²) in [6, 6.07) is 20.9. The zero-order valence-corrected chi connectivity index (χ0v) is 14.7. The topological polar surface area (TPSA) is 86.5 Å². The third kappa shape index (κ3) is 3.45. The summed E-state index contributed by atoms with van der Waals surface area (Å²) in [6.07, 6.45) is 0. The van der Waals surface area contributed by atoms with Crippen LogP contribution < -0.4 is 9.81 Å². The molecule has 0 amide bonds. The van der Waals surface area contributed by atoms with Crippen LogP contribution in [0.5, 0.6) is 5.75 Å². The molecule has 3 aromatic carbocycles. The second-order valence-electron chi connectivity index (χ2n) is 5.70. The number of hydrogen-bond acceptors (Lipinski definition) is 6. The van der Waals surface area contributed by atoms with Crippen LogP contribution in [0.2, 0.25) is 0 Å². The quantitative estimate of drug-likeness (QED) is 0.503. The lowest BCUT2D eigenvalue weighted by atomic mass is 10.2. The van der Waals surface area contributed by atoms with E-state index >= 15 is 0 Å². The highest BCUT2D eigenvalue weighted by Gasteiger charge is 2.16. The highest BCUT2D eigenvalue weighted by Crippen LogP contribution is 2.24. The summed E-state index contributed by atoms with van der Waals surface area (Å²) in [5, 5.41) is 0.398. The molecule has 7 heteroatoms. The Labute approximate surface area is 154 Å². The molecule has 1 aromatic heterocycles. The summed E-state index contributed by atoms with van der Waals surface area (Å²) in [7, 11) is -3.92. The van der Waals surface area contributed by atoms with Gasteiger partial charge in [0.2, 0.25) is 5.89 Å². The van der Waals surface area contributed by atoms with E-state index in [1.807, 2.05) is 0 Å². The predicted molar refractivity (Wildman–Crippen MR) is 100.0 cm³/mol. The molecule has 0 bridgehead atoms. The summed E-state index contributed by atoms with van der Waals surface area (Å²) in [4.78, 5) is 16.5. The predicted octanol–water partition coefficient (Wildman–Crippen LogP) is 3.62. The van der Waals surface area contributed by atoms with Gasteiger partial charge in [-0.2, -0.15) is 8.42 Å². The fourth-order valence-electron chi connectivity index (χ4n) is 2.56. The molecule has 0 unspecified atom stereocenters. The van der Waals surface area contributed by atoms with Crippen molar-refractivity contribution in [3.8, 4) is 17.2 Å². The molecule has 0 aliphatic rings. The van der Waals surface area contributed by atoms with Crippen LogP contribution in [-0.2, 0) is 10.1 Å². The van der Waals surface area contributed by atoms with Gasteiger partial charge in [0.1, 0.15) is 10.6 Å². The molecule has 0 aliphatic heterocycles. The zero-order chi connectivity index (χ0) is 18.9. The highest BCUT2D eigenvalue weighted by atomic mass is 32.2. The van der Waals surface area contributed by atoms with Crippen LogP contribution in [0.4, 0.5) is 0 Å². The Balaban J connectivity index is 1.64. The van der Waals surface area contributed by atoms with Gasteiger partial charge >= 0.3 is 15.7 Å². The Morgan fingerprint density at radius 1 is 0.815 bits per heavy atom. The molecular weight excluding hydrogens is 366 g/mol. The molecule has 0 aliphatic carbocycles. The smallest absolute Gasteiger partial charge is 0.347 e. The summed E-state index contributed by atoms with van der Waals surface area (Å²) in [5.41, 5.74) is 0.570. The summed E-state index contributed by atoms with van der Waals surface area (Å²) >= 11 is 0. The first kappa shape index (κ1) is 17.0. The fourth-order valence-corrected chi connectivity index (χ4v) is 3.51. The lowest BCUT2D eigenvalue weighted by Crippen LogP contribution is -2.09. The van der Waals surface area contributed by atoms with Crippen molar-refractivity contribution in [1.82, 2.24) is 4.98 Å². The molecule has 0 saturated heterocycles. The molecule has 0 fully saturated rings. The molecule has 6 nitrogen and oxygen atoms in total. The second kappa shape index (κ2) is 6.69. The maximum atomic E-state index is 12.3. The van der Waals surface area contributed by atoms with Gasteiger partial charge in [-0.25, -0.2) is 9.78 Å². The van der Waals surface area contributed by atoms with Crippen molar-refractivity contribution in [1.29, 1.82) is 0 Å². The van der Waals surface area contributed by atoms with Gasteiger partial charge in [-0.3, -0.25) is 0 Å². The van der Waals surface area contributed by atoms with Crippen molar-refractivity contribution in [2.75, 3.05) is 0 Å². The minimum absolute atomic E-state index is 0.0660. The molecular formula is C20H13NO5S. The fraction of sp³-hybridized carbons (Fsp3) is 0. The second-order valence-corrected chi connectivity index (χ2v) is 7.24. The SMILES string of the molecule is O=c1oc(-c2ccc(OS(=O)(=O)c3ccccc3)cc2)nc2ccccc12. The first-order valence-corrected chi connectivity index (χ1v) is 9.44. The van der Waals surface area contributed by atoms with Crippen LogP contribution >= 0.6 is 0 Å². The molecule has 0 N–H and O–H groups in total. The van der Waals surface area contributed by atoms with Crippen molar-refractivity contribution in [3.63, 3.8) is 0 Å². The average Bonchev–Trinajstić information content (AvgIpc) is 2.69. The monoisotopic (exact) mass is 379 g/mol. The maximum Gasteiger partial charge on any atom is 0.347 e. The molecule has 4 aromatic rings. The number of benzene rings is 3. The van der Waals surface area contributed by atoms with E-state index in [0.29, 0.717) is 16.5 Å². The van der Waals surface area contributed by atoms with Crippen molar-refractivity contribution in [2.45, 2.75) is 4.90 Å². The van der Waals surface area contributed by atoms with E-state index in [9.17, 15) is 13.2 Å². The van der Waals surface area contributed by atoms with Gasteiger partial charge in [0.15, 0.2) is 0 Å². The minimum atomic E-state index is -3.92. The normalized spacial score (nSPS) is 11.4.